The lowest BCUT2D eigenvalue weighted by Crippen LogP contribution is -2.53. The monoisotopic (exact) mass is 510 g/mol. The Morgan fingerprint density at radius 1 is 0.971 bits per heavy atom. The van der Waals surface area contributed by atoms with E-state index < -0.39 is 29.0 Å². The molecule has 1 aliphatic rings. The number of aldehydes is 1. The Morgan fingerprint density at radius 2 is 1.59 bits per heavy atom. The minimum Gasteiger partial charge on any atom is -0.369 e. The molecule has 4 rings (SSSR count). The SMILES string of the molecule is Cc1c(Cl)c(C(F)(F)F)nn1C(c1ccccc1)C(C=O)N1CCN(c2ccc(Cl)cc2)CC1. The van der Waals surface area contributed by atoms with E-state index >= 15 is 0 Å². The highest BCUT2D eigenvalue weighted by Gasteiger charge is 2.41. The molecule has 0 bridgehead atoms. The van der Waals surface area contributed by atoms with Gasteiger partial charge in [-0.05, 0) is 36.8 Å². The Bertz CT molecular complexity index is 1130. The van der Waals surface area contributed by atoms with Gasteiger partial charge in [0.2, 0.25) is 0 Å². The summed E-state index contributed by atoms with van der Waals surface area (Å²) in [5.41, 5.74) is 0.714. The molecule has 1 saturated heterocycles. The fourth-order valence-electron chi connectivity index (χ4n) is 4.37. The molecule has 180 valence electrons. The topological polar surface area (TPSA) is 41.4 Å². The number of benzene rings is 2. The third kappa shape index (κ3) is 4.94. The van der Waals surface area contributed by atoms with E-state index in [-0.39, 0.29) is 5.69 Å². The van der Waals surface area contributed by atoms with Gasteiger partial charge in [0.05, 0.1) is 22.8 Å². The largest absolute Gasteiger partial charge is 0.436 e. The van der Waals surface area contributed by atoms with Crippen molar-refractivity contribution in [2.75, 3.05) is 31.1 Å². The standard InChI is InChI=1S/C24H23Cl2F3N4O/c1-16-21(26)23(24(27,28)29)30-33(16)22(17-5-3-2-4-6-17)20(15-34)32-13-11-31(12-14-32)19-9-7-18(25)8-10-19/h2-10,15,20,22H,11-14H2,1H3. The second kappa shape index (κ2) is 9.98. The van der Waals surface area contributed by atoms with Crippen molar-refractivity contribution < 1.29 is 18.0 Å². The zero-order valence-electron chi connectivity index (χ0n) is 18.3. The van der Waals surface area contributed by atoms with Gasteiger partial charge in [-0.3, -0.25) is 9.58 Å². The summed E-state index contributed by atoms with van der Waals surface area (Å²) in [5, 5.41) is 4.04. The second-order valence-electron chi connectivity index (χ2n) is 8.17. The molecule has 10 heteroatoms. The number of anilines is 1. The van der Waals surface area contributed by atoms with Crippen molar-refractivity contribution in [1.82, 2.24) is 14.7 Å². The number of aromatic nitrogens is 2. The van der Waals surface area contributed by atoms with Crippen LogP contribution in [-0.4, -0.2) is 53.2 Å². The number of rotatable bonds is 6. The lowest BCUT2D eigenvalue weighted by molar-refractivity contribution is -0.141. The van der Waals surface area contributed by atoms with Crippen molar-refractivity contribution in [2.45, 2.75) is 25.2 Å². The van der Waals surface area contributed by atoms with Gasteiger partial charge in [-0.25, -0.2) is 0 Å². The van der Waals surface area contributed by atoms with E-state index in [4.69, 9.17) is 23.2 Å². The van der Waals surface area contributed by atoms with Crippen molar-refractivity contribution in [3.63, 3.8) is 0 Å². The molecule has 1 fully saturated rings. The second-order valence-corrected chi connectivity index (χ2v) is 8.99. The molecular formula is C24H23Cl2F3N4O. The molecule has 3 aromatic rings. The molecule has 2 unspecified atom stereocenters. The molecule has 0 aliphatic carbocycles. The van der Waals surface area contributed by atoms with E-state index in [9.17, 15) is 18.0 Å². The first-order chi connectivity index (χ1) is 16.2. The molecular weight excluding hydrogens is 488 g/mol. The first kappa shape index (κ1) is 24.6. The van der Waals surface area contributed by atoms with Crippen molar-refractivity contribution >= 4 is 35.2 Å². The number of halogens is 5. The Morgan fingerprint density at radius 3 is 2.12 bits per heavy atom. The summed E-state index contributed by atoms with van der Waals surface area (Å²) in [6, 6.07) is 15.0. The van der Waals surface area contributed by atoms with E-state index in [0.717, 1.165) is 12.0 Å². The minimum absolute atomic E-state index is 0.162. The normalized spacial score (nSPS) is 16.9. The molecule has 34 heavy (non-hydrogen) atoms. The van der Waals surface area contributed by atoms with Crippen LogP contribution in [0.4, 0.5) is 18.9 Å². The Kier molecular flexibility index (Phi) is 7.21. The van der Waals surface area contributed by atoms with Crippen LogP contribution in [0.15, 0.2) is 54.6 Å². The van der Waals surface area contributed by atoms with E-state index in [1.807, 2.05) is 35.2 Å². The van der Waals surface area contributed by atoms with Crippen LogP contribution < -0.4 is 4.90 Å². The number of alkyl halides is 3. The van der Waals surface area contributed by atoms with E-state index in [1.165, 1.54) is 11.6 Å². The third-order valence-corrected chi connectivity index (χ3v) is 6.85. The predicted octanol–water partition coefficient (Wildman–Crippen LogP) is 5.50. The lowest BCUT2D eigenvalue weighted by atomic mass is 9.98. The van der Waals surface area contributed by atoms with Crippen LogP contribution in [0, 0.1) is 6.92 Å². The van der Waals surface area contributed by atoms with Crippen molar-refractivity contribution in [3.8, 4) is 0 Å². The summed E-state index contributed by atoms with van der Waals surface area (Å²) in [7, 11) is 0. The molecule has 0 radical (unpaired) electrons. The molecule has 5 nitrogen and oxygen atoms in total. The van der Waals surface area contributed by atoms with Crippen LogP contribution in [0.3, 0.4) is 0 Å². The highest BCUT2D eigenvalue weighted by atomic mass is 35.5. The fourth-order valence-corrected chi connectivity index (χ4v) is 4.73. The third-order valence-electron chi connectivity index (χ3n) is 6.14. The summed E-state index contributed by atoms with van der Waals surface area (Å²) in [5.74, 6) is 0. The number of hydrogen-bond acceptors (Lipinski definition) is 4. The first-order valence-corrected chi connectivity index (χ1v) is 11.5. The van der Waals surface area contributed by atoms with Crippen LogP contribution in [0.25, 0.3) is 0 Å². The predicted molar refractivity (Wildman–Crippen MR) is 127 cm³/mol. The van der Waals surface area contributed by atoms with Gasteiger partial charge in [-0.2, -0.15) is 18.3 Å². The molecule has 0 spiro atoms. The van der Waals surface area contributed by atoms with Crippen molar-refractivity contribution in [1.29, 1.82) is 0 Å². The van der Waals surface area contributed by atoms with Gasteiger partial charge in [0, 0.05) is 36.9 Å². The molecule has 0 N–H and O–H groups in total. The zero-order chi connectivity index (χ0) is 24.5. The number of hydrogen-bond donors (Lipinski definition) is 0. The minimum atomic E-state index is -4.70. The average molecular weight is 511 g/mol. The molecule has 1 aliphatic heterocycles. The van der Waals surface area contributed by atoms with Crippen LogP contribution in [-0.2, 0) is 11.0 Å². The van der Waals surface area contributed by atoms with Crippen LogP contribution in [0.5, 0.6) is 0 Å². The van der Waals surface area contributed by atoms with Gasteiger partial charge in [0.1, 0.15) is 6.29 Å². The summed E-state index contributed by atoms with van der Waals surface area (Å²) < 4.78 is 41.8. The Balaban J connectivity index is 1.66. The van der Waals surface area contributed by atoms with Gasteiger partial charge in [0.15, 0.2) is 5.69 Å². The Labute approximate surface area is 205 Å². The molecule has 2 aromatic carbocycles. The van der Waals surface area contributed by atoms with Gasteiger partial charge < -0.3 is 9.69 Å². The molecule has 0 amide bonds. The molecule has 1 aromatic heterocycles. The maximum Gasteiger partial charge on any atom is 0.436 e. The van der Waals surface area contributed by atoms with Crippen molar-refractivity contribution in [3.05, 3.63) is 81.6 Å². The molecule has 0 saturated carbocycles. The van der Waals surface area contributed by atoms with Gasteiger partial charge >= 0.3 is 6.18 Å². The van der Waals surface area contributed by atoms with E-state index in [0.29, 0.717) is 36.8 Å². The summed E-state index contributed by atoms with van der Waals surface area (Å²) >= 11 is 12.0. The van der Waals surface area contributed by atoms with E-state index in [1.54, 1.807) is 24.3 Å². The van der Waals surface area contributed by atoms with Crippen LogP contribution >= 0.6 is 23.2 Å². The quantitative estimate of drug-likeness (QED) is 0.411. The zero-order valence-corrected chi connectivity index (χ0v) is 19.9. The Hall–Kier alpha value is -2.55. The van der Waals surface area contributed by atoms with Crippen LogP contribution in [0.2, 0.25) is 10.0 Å². The smallest absolute Gasteiger partial charge is 0.369 e. The number of piperazine rings is 1. The van der Waals surface area contributed by atoms with Crippen molar-refractivity contribution in [2.24, 2.45) is 0 Å². The van der Waals surface area contributed by atoms with E-state index in [2.05, 4.69) is 10.00 Å². The lowest BCUT2D eigenvalue weighted by Gasteiger charge is -2.41. The average Bonchev–Trinajstić information content (AvgIpc) is 3.13. The molecule has 2 atom stereocenters. The fraction of sp³-hybridized carbons (Fsp3) is 0.333. The van der Waals surface area contributed by atoms with Crippen LogP contribution in [0.1, 0.15) is 23.0 Å². The summed E-state index contributed by atoms with van der Waals surface area (Å²) in [6.45, 7) is 3.90. The number of carbonyl (C=O) groups is 1. The number of carbonyl (C=O) groups excluding carboxylic acids is 1. The van der Waals surface area contributed by atoms with Gasteiger partial charge in [-0.15, -0.1) is 0 Å². The summed E-state index contributed by atoms with van der Waals surface area (Å²) in [4.78, 5) is 16.6. The highest BCUT2D eigenvalue weighted by Crippen LogP contribution is 2.38. The van der Waals surface area contributed by atoms with Gasteiger partial charge in [0.25, 0.3) is 0 Å². The maximum absolute atomic E-state index is 13.5. The maximum atomic E-state index is 13.5. The van der Waals surface area contributed by atoms with Gasteiger partial charge in [-0.1, -0.05) is 53.5 Å². The highest BCUT2D eigenvalue weighted by molar-refractivity contribution is 6.32. The first-order valence-electron chi connectivity index (χ1n) is 10.8. The number of nitrogens with zero attached hydrogens (tertiary/aromatic N) is 4. The molecule has 2 heterocycles. The summed E-state index contributed by atoms with van der Waals surface area (Å²) in [6.07, 6.45) is -3.91.